The van der Waals surface area contributed by atoms with E-state index in [1.165, 1.54) is 4.31 Å². The van der Waals surface area contributed by atoms with E-state index in [0.29, 0.717) is 40.7 Å². The van der Waals surface area contributed by atoms with Crippen molar-refractivity contribution in [3.05, 3.63) is 31.3 Å². The fourth-order valence-electron chi connectivity index (χ4n) is 2.96. The van der Waals surface area contributed by atoms with Crippen molar-refractivity contribution in [1.82, 2.24) is 4.31 Å². The predicted octanol–water partition coefficient (Wildman–Crippen LogP) is 4.06. The minimum Gasteiger partial charge on any atom is -0.454 e. The van der Waals surface area contributed by atoms with Gasteiger partial charge in [-0.3, -0.25) is 0 Å². The fourth-order valence-corrected chi connectivity index (χ4v) is 7.86. The van der Waals surface area contributed by atoms with Gasteiger partial charge in [-0.05, 0) is 28.1 Å². The molecule has 1 aromatic heterocycles. The van der Waals surface area contributed by atoms with E-state index in [1.807, 2.05) is 18.2 Å². The van der Waals surface area contributed by atoms with Crippen molar-refractivity contribution in [3.8, 4) is 11.5 Å². The first-order chi connectivity index (χ1) is 12.4. The molecule has 11 heteroatoms. The summed E-state index contributed by atoms with van der Waals surface area (Å²) in [5, 5.41) is 0. The lowest BCUT2D eigenvalue weighted by Gasteiger charge is -2.35. The molecule has 0 atom stereocenters. The number of benzene rings is 1. The third-order valence-electron chi connectivity index (χ3n) is 4.29. The fraction of sp³-hybridized carbons (Fsp3) is 0.333. The minimum absolute atomic E-state index is 0.0469. The monoisotopic (exact) mass is 498 g/mol. The maximum absolute atomic E-state index is 12.9. The summed E-state index contributed by atoms with van der Waals surface area (Å²) in [5.74, 6) is 1.44. The van der Waals surface area contributed by atoms with Gasteiger partial charge >= 0.3 is 0 Å². The highest BCUT2D eigenvalue weighted by molar-refractivity contribution is 9.10. The van der Waals surface area contributed by atoms with E-state index in [4.69, 9.17) is 32.7 Å². The van der Waals surface area contributed by atoms with E-state index in [-0.39, 0.29) is 16.0 Å². The molecule has 2 aliphatic heterocycles. The van der Waals surface area contributed by atoms with E-state index in [2.05, 4.69) is 20.8 Å². The van der Waals surface area contributed by atoms with Crippen molar-refractivity contribution in [2.24, 2.45) is 0 Å². The van der Waals surface area contributed by atoms with Gasteiger partial charge in [-0.15, -0.1) is 11.3 Å². The third-order valence-corrected chi connectivity index (χ3v) is 9.65. The molecule has 0 amide bonds. The van der Waals surface area contributed by atoms with Gasteiger partial charge in [0.25, 0.3) is 0 Å². The van der Waals surface area contributed by atoms with E-state index < -0.39 is 10.0 Å². The van der Waals surface area contributed by atoms with Gasteiger partial charge < -0.3 is 14.4 Å². The Kier molecular flexibility index (Phi) is 5.04. The quantitative estimate of drug-likeness (QED) is 0.637. The largest absolute Gasteiger partial charge is 0.454 e. The Bertz CT molecular complexity index is 959. The standard InChI is InChI=1S/C15H13BrCl2N2O4S2/c16-12-13(15(18)25-14(12)17)26(21,22)20-5-3-19(4-6-20)9-1-2-10-11(7-9)24-8-23-10/h1-2,7H,3-6,8H2. The summed E-state index contributed by atoms with van der Waals surface area (Å²) in [6.07, 6.45) is 0. The van der Waals surface area contributed by atoms with Gasteiger partial charge in [0.15, 0.2) is 11.5 Å². The molecule has 4 rings (SSSR count). The number of halogens is 3. The maximum Gasteiger partial charge on any atom is 0.246 e. The van der Waals surface area contributed by atoms with Crippen LogP contribution in [-0.4, -0.2) is 45.7 Å². The molecule has 2 aromatic rings. The van der Waals surface area contributed by atoms with Crippen LogP contribution in [0.3, 0.4) is 0 Å². The van der Waals surface area contributed by atoms with Crippen LogP contribution in [0.2, 0.25) is 8.67 Å². The van der Waals surface area contributed by atoms with Crippen molar-refractivity contribution >= 4 is 66.2 Å². The molecule has 0 bridgehead atoms. The summed E-state index contributed by atoms with van der Waals surface area (Å²) < 4.78 is 38.9. The Hall–Kier alpha value is -0.710. The van der Waals surface area contributed by atoms with Crippen LogP contribution in [0.25, 0.3) is 0 Å². The highest BCUT2D eigenvalue weighted by Crippen LogP contribution is 2.44. The predicted molar refractivity (Wildman–Crippen MR) is 106 cm³/mol. The van der Waals surface area contributed by atoms with Gasteiger partial charge in [-0.1, -0.05) is 23.2 Å². The van der Waals surface area contributed by atoms with Gasteiger partial charge in [0.2, 0.25) is 16.8 Å². The summed E-state index contributed by atoms with van der Waals surface area (Å²) in [7, 11) is -3.71. The molecule has 140 valence electrons. The molecule has 26 heavy (non-hydrogen) atoms. The number of sulfonamides is 1. The Morgan fingerprint density at radius 1 is 1.04 bits per heavy atom. The summed E-state index contributed by atoms with van der Waals surface area (Å²) in [6.45, 7) is 2.06. The second kappa shape index (κ2) is 7.03. The van der Waals surface area contributed by atoms with Crippen molar-refractivity contribution in [1.29, 1.82) is 0 Å². The number of rotatable bonds is 3. The third kappa shape index (κ3) is 3.18. The van der Waals surface area contributed by atoms with Gasteiger partial charge in [0, 0.05) is 37.9 Å². The lowest BCUT2D eigenvalue weighted by atomic mass is 10.2. The Morgan fingerprint density at radius 3 is 2.38 bits per heavy atom. The summed E-state index contributed by atoms with van der Waals surface area (Å²) in [4.78, 5) is 2.16. The van der Waals surface area contributed by atoms with Gasteiger partial charge in [-0.25, -0.2) is 8.42 Å². The molecule has 0 spiro atoms. The molecule has 0 N–H and O–H groups in total. The van der Waals surface area contributed by atoms with Crippen LogP contribution in [0.1, 0.15) is 0 Å². The summed E-state index contributed by atoms with van der Waals surface area (Å²) in [5.41, 5.74) is 0.976. The second-order valence-corrected chi connectivity index (χ2v) is 10.6. The Balaban J connectivity index is 1.51. The first-order valence-corrected chi connectivity index (χ1v) is 11.5. The zero-order valence-corrected chi connectivity index (χ0v) is 18.0. The van der Waals surface area contributed by atoms with E-state index in [0.717, 1.165) is 22.8 Å². The highest BCUT2D eigenvalue weighted by Gasteiger charge is 2.34. The van der Waals surface area contributed by atoms with Gasteiger partial charge in [0.05, 0.1) is 4.47 Å². The zero-order chi connectivity index (χ0) is 18.5. The topological polar surface area (TPSA) is 59.1 Å². The molecular weight excluding hydrogens is 487 g/mol. The number of anilines is 1. The molecule has 2 aliphatic rings. The van der Waals surface area contributed by atoms with E-state index in [1.54, 1.807) is 0 Å². The highest BCUT2D eigenvalue weighted by atomic mass is 79.9. The zero-order valence-electron chi connectivity index (χ0n) is 13.2. The lowest BCUT2D eigenvalue weighted by molar-refractivity contribution is 0.174. The van der Waals surface area contributed by atoms with E-state index in [9.17, 15) is 8.42 Å². The first kappa shape index (κ1) is 18.6. The van der Waals surface area contributed by atoms with Crippen LogP contribution < -0.4 is 14.4 Å². The van der Waals surface area contributed by atoms with Crippen LogP contribution in [0.15, 0.2) is 27.6 Å². The molecule has 3 heterocycles. The molecule has 0 aliphatic carbocycles. The first-order valence-electron chi connectivity index (χ1n) is 7.66. The smallest absolute Gasteiger partial charge is 0.246 e. The normalized spacial score (nSPS) is 17.7. The minimum atomic E-state index is -3.71. The number of nitrogens with zero attached hydrogens (tertiary/aromatic N) is 2. The summed E-state index contributed by atoms with van der Waals surface area (Å²) in [6, 6.07) is 5.73. The average Bonchev–Trinajstić information content (AvgIpc) is 3.18. The van der Waals surface area contributed by atoms with Crippen LogP contribution >= 0.6 is 50.5 Å². The molecule has 1 aromatic carbocycles. The van der Waals surface area contributed by atoms with E-state index >= 15 is 0 Å². The maximum atomic E-state index is 12.9. The Labute approximate surface area is 173 Å². The molecule has 0 radical (unpaired) electrons. The van der Waals surface area contributed by atoms with Crippen LogP contribution in [0.4, 0.5) is 5.69 Å². The molecule has 0 saturated carbocycles. The SMILES string of the molecule is O=S(=O)(c1c(Cl)sc(Cl)c1Br)N1CCN(c2ccc3c(c2)OCO3)CC1. The number of hydrogen-bond donors (Lipinski definition) is 0. The van der Waals surface area contributed by atoms with Crippen molar-refractivity contribution in [2.45, 2.75) is 4.90 Å². The van der Waals surface area contributed by atoms with Crippen molar-refractivity contribution in [3.63, 3.8) is 0 Å². The summed E-state index contributed by atoms with van der Waals surface area (Å²) >= 11 is 16.4. The molecular formula is C15H13BrCl2N2O4S2. The average molecular weight is 500 g/mol. The molecule has 1 fully saturated rings. The number of ether oxygens (including phenoxy) is 2. The molecule has 1 saturated heterocycles. The molecule has 0 unspecified atom stereocenters. The second-order valence-electron chi connectivity index (χ2n) is 5.72. The number of piperazine rings is 1. The van der Waals surface area contributed by atoms with Crippen LogP contribution in [0.5, 0.6) is 11.5 Å². The van der Waals surface area contributed by atoms with Crippen LogP contribution in [-0.2, 0) is 10.0 Å². The number of fused-ring (bicyclic) bond motifs is 1. The number of thiophene rings is 1. The number of hydrogen-bond acceptors (Lipinski definition) is 6. The van der Waals surface area contributed by atoms with Gasteiger partial charge in [0.1, 0.15) is 13.6 Å². The van der Waals surface area contributed by atoms with Crippen LogP contribution in [0, 0.1) is 0 Å². The van der Waals surface area contributed by atoms with Crippen molar-refractivity contribution < 1.29 is 17.9 Å². The van der Waals surface area contributed by atoms with Gasteiger partial charge in [-0.2, -0.15) is 4.31 Å². The Morgan fingerprint density at radius 2 is 1.73 bits per heavy atom. The molecule has 6 nitrogen and oxygen atoms in total. The lowest BCUT2D eigenvalue weighted by Crippen LogP contribution is -2.48. The van der Waals surface area contributed by atoms with Crippen molar-refractivity contribution in [2.75, 3.05) is 37.9 Å².